The van der Waals surface area contributed by atoms with Crippen LogP contribution in [0.4, 0.5) is 0 Å². The molecule has 0 saturated heterocycles. The van der Waals surface area contributed by atoms with Crippen molar-refractivity contribution in [2.24, 2.45) is 0 Å². The van der Waals surface area contributed by atoms with Crippen LogP contribution in [0.2, 0.25) is 0 Å². The molecule has 0 amide bonds. The third-order valence-electron chi connectivity index (χ3n) is 3.66. The Labute approximate surface area is 115 Å². The Bertz CT molecular complexity index is 596. The average molecular weight is 254 g/mol. The lowest BCUT2D eigenvalue weighted by Gasteiger charge is -2.13. The molecule has 0 bridgehead atoms. The van der Waals surface area contributed by atoms with E-state index in [0.717, 1.165) is 31.2 Å². The molecule has 0 aromatic heterocycles. The molecule has 2 aromatic carbocycles. The zero-order chi connectivity index (χ0) is 13.8. The minimum Gasteiger partial charge on any atom is -0.295 e. The van der Waals surface area contributed by atoms with Crippen molar-refractivity contribution in [3.63, 3.8) is 0 Å². The first-order chi connectivity index (χ1) is 9.17. The van der Waals surface area contributed by atoms with Crippen LogP contribution in [0.15, 0.2) is 30.3 Å². The van der Waals surface area contributed by atoms with Gasteiger partial charge in [-0.3, -0.25) is 4.79 Å². The molecule has 19 heavy (non-hydrogen) atoms. The fourth-order valence-corrected chi connectivity index (χ4v) is 2.69. The standard InChI is InChI=1S/C18H22O/c1-4-6-14-8-9-15-10-11-16(13(3)19)12-18(15)17(14)7-5-2/h8-12H,4-7H2,1-3H3. The van der Waals surface area contributed by atoms with Gasteiger partial charge < -0.3 is 0 Å². The summed E-state index contributed by atoms with van der Waals surface area (Å²) in [5.41, 5.74) is 3.70. The summed E-state index contributed by atoms with van der Waals surface area (Å²) in [4.78, 5) is 11.6. The molecule has 0 unspecified atom stereocenters. The third kappa shape index (κ3) is 2.86. The molecule has 2 rings (SSSR count). The first-order valence-electron chi connectivity index (χ1n) is 7.22. The van der Waals surface area contributed by atoms with Crippen LogP contribution >= 0.6 is 0 Å². The van der Waals surface area contributed by atoms with Crippen LogP contribution in [0.5, 0.6) is 0 Å². The van der Waals surface area contributed by atoms with Crippen molar-refractivity contribution >= 4 is 16.6 Å². The van der Waals surface area contributed by atoms with Crippen molar-refractivity contribution in [2.75, 3.05) is 0 Å². The third-order valence-corrected chi connectivity index (χ3v) is 3.66. The number of carbonyl (C=O) groups excluding carboxylic acids is 1. The van der Waals surface area contributed by atoms with Crippen LogP contribution < -0.4 is 0 Å². The van der Waals surface area contributed by atoms with Gasteiger partial charge in [-0.05, 0) is 47.7 Å². The molecular formula is C18H22O. The minimum atomic E-state index is 0.144. The summed E-state index contributed by atoms with van der Waals surface area (Å²) >= 11 is 0. The molecule has 0 aliphatic heterocycles. The van der Waals surface area contributed by atoms with Gasteiger partial charge in [0.05, 0.1) is 0 Å². The fraction of sp³-hybridized carbons (Fsp3) is 0.389. The van der Waals surface area contributed by atoms with Crippen molar-refractivity contribution in [1.82, 2.24) is 0 Å². The Hall–Kier alpha value is -1.63. The van der Waals surface area contributed by atoms with Crippen molar-refractivity contribution in [3.05, 3.63) is 47.0 Å². The SMILES string of the molecule is CCCc1ccc2ccc(C(C)=O)cc2c1CCC. The van der Waals surface area contributed by atoms with Gasteiger partial charge in [-0.1, -0.05) is 51.0 Å². The number of benzene rings is 2. The molecule has 0 N–H and O–H groups in total. The monoisotopic (exact) mass is 254 g/mol. The van der Waals surface area contributed by atoms with E-state index in [9.17, 15) is 4.79 Å². The molecule has 0 aliphatic carbocycles. The summed E-state index contributed by atoms with van der Waals surface area (Å²) in [5.74, 6) is 0.144. The maximum Gasteiger partial charge on any atom is 0.159 e. The number of ketones is 1. The summed E-state index contributed by atoms with van der Waals surface area (Å²) in [7, 11) is 0. The van der Waals surface area contributed by atoms with Gasteiger partial charge >= 0.3 is 0 Å². The second kappa shape index (κ2) is 6.01. The highest BCUT2D eigenvalue weighted by molar-refractivity contribution is 5.99. The lowest BCUT2D eigenvalue weighted by atomic mass is 9.92. The Balaban J connectivity index is 2.66. The average Bonchev–Trinajstić information content (AvgIpc) is 2.41. The molecule has 0 heterocycles. The summed E-state index contributed by atoms with van der Waals surface area (Å²) < 4.78 is 0. The minimum absolute atomic E-state index is 0.144. The van der Waals surface area contributed by atoms with Crippen LogP contribution in [0.25, 0.3) is 10.8 Å². The van der Waals surface area contributed by atoms with E-state index in [2.05, 4.69) is 38.1 Å². The van der Waals surface area contributed by atoms with Crippen molar-refractivity contribution < 1.29 is 4.79 Å². The molecule has 0 aliphatic rings. The second-order valence-electron chi connectivity index (χ2n) is 5.20. The summed E-state index contributed by atoms with van der Waals surface area (Å²) in [6.45, 7) is 6.06. The highest BCUT2D eigenvalue weighted by Crippen LogP contribution is 2.26. The van der Waals surface area contributed by atoms with E-state index in [4.69, 9.17) is 0 Å². The van der Waals surface area contributed by atoms with E-state index in [1.165, 1.54) is 21.9 Å². The second-order valence-corrected chi connectivity index (χ2v) is 5.20. The van der Waals surface area contributed by atoms with Gasteiger partial charge in [-0.15, -0.1) is 0 Å². The van der Waals surface area contributed by atoms with E-state index >= 15 is 0 Å². The molecule has 0 fully saturated rings. The molecule has 100 valence electrons. The maximum absolute atomic E-state index is 11.6. The van der Waals surface area contributed by atoms with Gasteiger partial charge in [0, 0.05) is 5.56 Å². The van der Waals surface area contributed by atoms with E-state index in [-0.39, 0.29) is 5.78 Å². The Morgan fingerprint density at radius 2 is 1.68 bits per heavy atom. The number of hydrogen-bond donors (Lipinski definition) is 0. The molecule has 0 radical (unpaired) electrons. The topological polar surface area (TPSA) is 17.1 Å². The number of aryl methyl sites for hydroxylation is 2. The summed E-state index contributed by atoms with van der Waals surface area (Å²) in [6.07, 6.45) is 4.51. The van der Waals surface area contributed by atoms with Gasteiger partial charge in [0.2, 0.25) is 0 Å². The van der Waals surface area contributed by atoms with Crippen LogP contribution in [0.1, 0.15) is 55.1 Å². The molecule has 1 heteroatoms. The largest absolute Gasteiger partial charge is 0.295 e. The van der Waals surface area contributed by atoms with Gasteiger partial charge in [0.15, 0.2) is 5.78 Å². The van der Waals surface area contributed by atoms with Crippen molar-refractivity contribution in [1.29, 1.82) is 0 Å². The Kier molecular flexibility index (Phi) is 4.36. The smallest absolute Gasteiger partial charge is 0.159 e. The van der Waals surface area contributed by atoms with Crippen molar-refractivity contribution in [2.45, 2.75) is 46.5 Å². The first kappa shape index (κ1) is 13.8. The van der Waals surface area contributed by atoms with Crippen LogP contribution in [0, 0.1) is 0 Å². The van der Waals surface area contributed by atoms with Crippen LogP contribution in [-0.4, -0.2) is 5.78 Å². The molecule has 0 spiro atoms. The van der Waals surface area contributed by atoms with Gasteiger partial charge in [-0.2, -0.15) is 0 Å². The molecular weight excluding hydrogens is 232 g/mol. The first-order valence-corrected chi connectivity index (χ1v) is 7.22. The predicted molar refractivity (Wildman–Crippen MR) is 81.9 cm³/mol. The van der Waals surface area contributed by atoms with Gasteiger partial charge in [-0.25, -0.2) is 0 Å². The summed E-state index contributed by atoms with van der Waals surface area (Å²) in [6, 6.07) is 10.5. The van der Waals surface area contributed by atoms with E-state index in [1.54, 1.807) is 6.92 Å². The van der Waals surface area contributed by atoms with Crippen molar-refractivity contribution in [3.8, 4) is 0 Å². The highest BCUT2D eigenvalue weighted by atomic mass is 16.1. The van der Waals surface area contributed by atoms with E-state index in [1.807, 2.05) is 6.07 Å². The number of hydrogen-bond acceptors (Lipinski definition) is 1. The summed E-state index contributed by atoms with van der Waals surface area (Å²) in [5, 5.41) is 2.51. The van der Waals surface area contributed by atoms with E-state index in [0.29, 0.717) is 0 Å². The molecule has 0 atom stereocenters. The lowest BCUT2D eigenvalue weighted by Crippen LogP contribution is -1.98. The molecule has 1 nitrogen and oxygen atoms in total. The van der Waals surface area contributed by atoms with E-state index < -0.39 is 0 Å². The number of fused-ring (bicyclic) bond motifs is 1. The normalized spacial score (nSPS) is 10.9. The van der Waals surface area contributed by atoms with Gasteiger partial charge in [0.25, 0.3) is 0 Å². The Morgan fingerprint density at radius 3 is 2.32 bits per heavy atom. The zero-order valence-corrected chi connectivity index (χ0v) is 12.1. The fourth-order valence-electron chi connectivity index (χ4n) is 2.69. The Morgan fingerprint density at radius 1 is 1.00 bits per heavy atom. The quantitative estimate of drug-likeness (QED) is 0.690. The number of carbonyl (C=O) groups is 1. The zero-order valence-electron chi connectivity index (χ0n) is 12.1. The predicted octanol–water partition coefficient (Wildman–Crippen LogP) is 4.95. The van der Waals surface area contributed by atoms with Gasteiger partial charge in [0.1, 0.15) is 0 Å². The highest BCUT2D eigenvalue weighted by Gasteiger charge is 2.08. The van der Waals surface area contributed by atoms with Crippen LogP contribution in [-0.2, 0) is 12.8 Å². The lowest BCUT2D eigenvalue weighted by molar-refractivity contribution is 0.101. The maximum atomic E-state index is 11.6. The molecule has 2 aromatic rings. The molecule has 0 saturated carbocycles. The van der Waals surface area contributed by atoms with Crippen LogP contribution in [0.3, 0.4) is 0 Å². The number of rotatable bonds is 5. The number of Topliss-reactive ketones (excluding diaryl/α,β-unsaturated/α-hetero) is 1.